The van der Waals surface area contributed by atoms with E-state index in [4.69, 9.17) is 18.9 Å². The van der Waals surface area contributed by atoms with Gasteiger partial charge in [0.25, 0.3) is 0 Å². The van der Waals surface area contributed by atoms with Crippen LogP contribution in [0.15, 0.2) is 33.2 Å². The summed E-state index contributed by atoms with van der Waals surface area (Å²) in [7, 11) is 4.61. The smallest absolute Gasteiger partial charge is 0.341 e. The van der Waals surface area contributed by atoms with Crippen LogP contribution >= 0.6 is 31.9 Å². The minimum atomic E-state index is -0.919. The van der Waals surface area contributed by atoms with Gasteiger partial charge >= 0.3 is 11.9 Å². The molecule has 0 bridgehead atoms. The number of allylic oxidation sites excluding steroid dienone is 4. The minimum Gasteiger partial charge on any atom is -0.495 e. The number of methoxy groups -OCH3 is 4. The van der Waals surface area contributed by atoms with E-state index >= 15 is 0 Å². The number of hydrogen-bond acceptors (Lipinski definition) is 10. The van der Waals surface area contributed by atoms with E-state index in [0.717, 1.165) is 38.5 Å². The molecule has 0 fully saturated rings. The van der Waals surface area contributed by atoms with E-state index in [1.807, 2.05) is 0 Å². The van der Waals surface area contributed by atoms with Crippen molar-refractivity contribution in [1.29, 1.82) is 0 Å². The van der Waals surface area contributed by atoms with E-state index < -0.39 is 35.1 Å². The maximum atomic E-state index is 13.5. The molecule has 194 valence electrons. The van der Waals surface area contributed by atoms with Gasteiger partial charge in [0.05, 0.1) is 37.4 Å². The van der Waals surface area contributed by atoms with Crippen LogP contribution < -0.4 is 9.47 Å². The molecule has 2 aromatic rings. The van der Waals surface area contributed by atoms with Gasteiger partial charge in [-0.15, -0.1) is 0 Å². The highest BCUT2D eigenvalue weighted by molar-refractivity contribution is 9.12. The standard InChI is InChI=1S/C26H16Br2O10/c1-35-23-12(26(34)38-4)6-10-17(16(30)8-13(27)21(10)31)19(23)20-18-9(15(29)7-14(28)22(18)32)5-11(24(20)36-2)25(33)37-3/h5-8H,1-4H3. The average molecular weight is 648 g/mol. The molecule has 2 aromatic carbocycles. The van der Waals surface area contributed by atoms with Gasteiger partial charge in [-0.25, -0.2) is 9.59 Å². The lowest BCUT2D eigenvalue weighted by Crippen LogP contribution is -2.22. The second-order valence-corrected chi connectivity index (χ2v) is 9.57. The third-order valence-electron chi connectivity index (χ3n) is 5.96. The van der Waals surface area contributed by atoms with Crippen molar-refractivity contribution in [3.05, 3.63) is 66.6 Å². The third kappa shape index (κ3) is 4.00. The molecule has 4 rings (SSSR count). The van der Waals surface area contributed by atoms with Gasteiger partial charge in [-0.3, -0.25) is 19.2 Å². The molecule has 2 aliphatic rings. The number of esters is 2. The molecule has 0 spiro atoms. The lowest BCUT2D eigenvalue weighted by atomic mass is 9.79. The zero-order valence-corrected chi connectivity index (χ0v) is 23.3. The Labute approximate surface area is 231 Å². The summed E-state index contributed by atoms with van der Waals surface area (Å²) >= 11 is 6.14. The lowest BCUT2D eigenvalue weighted by Gasteiger charge is -2.26. The Bertz CT molecular complexity index is 1580. The molecule has 0 atom stereocenters. The first-order chi connectivity index (χ1) is 18.0. The highest BCUT2D eigenvalue weighted by Gasteiger charge is 2.40. The number of carbonyl (C=O) groups is 6. The van der Waals surface area contributed by atoms with Crippen molar-refractivity contribution in [1.82, 2.24) is 0 Å². The molecule has 12 heteroatoms. The Morgan fingerprint density at radius 2 is 1.05 bits per heavy atom. The number of ketones is 4. The van der Waals surface area contributed by atoms with Crippen LogP contribution in [0.2, 0.25) is 0 Å². The quantitative estimate of drug-likeness (QED) is 0.433. The minimum absolute atomic E-state index is 0.0730. The van der Waals surface area contributed by atoms with Gasteiger partial charge in [-0.1, -0.05) is 0 Å². The molecule has 0 aromatic heterocycles. The molecular weight excluding hydrogens is 632 g/mol. The van der Waals surface area contributed by atoms with Crippen LogP contribution in [0.25, 0.3) is 11.1 Å². The predicted molar refractivity (Wildman–Crippen MR) is 139 cm³/mol. The molecule has 2 aliphatic carbocycles. The van der Waals surface area contributed by atoms with Crippen molar-refractivity contribution >= 4 is 66.9 Å². The van der Waals surface area contributed by atoms with Gasteiger partial charge in [0.1, 0.15) is 22.6 Å². The van der Waals surface area contributed by atoms with Crippen LogP contribution in [-0.2, 0) is 9.47 Å². The molecule has 0 unspecified atom stereocenters. The third-order valence-corrected chi connectivity index (χ3v) is 7.14. The number of ether oxygens (including phenoxy) is 4. The number of halogens is 2. The van der Waals surface area contributed by atoms with Gasteiger partial charge in [0, 0.05) is 45.5 Å². The largest absolute Gasteiger partial charge is 0.495 e. The Morgan fingerprint density at radius 1 is 0.605 bits per heavy atom. The highest BCUT2D eigenvalue weighted by atomic mass is 79.9. The van der Waals surface area contributed by atoms with Crippen LogP contribution in [-0.4, -0.2) is 63.5 Å². The summed E-state index contributed by atoms with van der Waals surface area (Å²) < 4.78 is 20.6. The van der Waals surface area contributed by atoms with Gasteiger partial charge in [0.2, 0.25) is 11.6 Å². The molecule has 38 heavy (non-hydrogen) atoms. The SMILES string of the molecule is COC(=O)c1cc2c(c(-c3c(OC)c(C(=O)OC)cc4c3C(=O)C(Br)=CC4=O)c1OC)C(=O)C=C(Br)C2=O. The highest BCUT2D eigenvalue weighted by Crippen LogP contribution is 2.50. The van der Waals surface area contributed by atoms with Crippen LogP contribution in [0.3, 0.4) is 0 Å². The maximum absolute atomic E-state index is 13.5. The van der Waals surface area contributed by atoms with Crippen LogP contribution in [0, 0.1) is 0 Å². The average Bonchev–Trinajstić information content (AvgIpc) is 2.91. The van der Waals surface area contributed by atoms with Gasteiger partial charge in [-0.05, 0) is 44.0 Å². The molecule has 10 nitrogen and oxygen atoms in total. The first-order valence-electron chi connectivity index (χ1n) is 10.6. The first-order valence-corrected chi connectivity index (χ1v) is 12.2. The molecule has 0 radical (unpaired) electrons. The number of rotatable bonds is 5. The maximum Gasteiger partial charge on any atom is 0.341 e. The van der Waals surface area contributed by atoms with Crippen molar-refractivity contribution in [2.45, 2.75) is 0 Å². The first kappa shape index (κ1) is 27.1. The normalized spacial score (nSPS) is 14.3. The summed E-state index contributed by atoms with van der Waals surface area (Å²) in [4.78, 5) is 78.6. The molecule has 0 aliphatic heterocycles. The van der Waals surface area contributed by atoms with E-state index in [1.54, 1.807) is 0 Å². The predicted octanol–water partition coefficient (Wildman–Crippen LogP) is 4.26. The fourth-order valence-corrected chi connectivity index (χ4v) is 5.21. The molecular formula is C26H16Br2O10. The molecule has 0 saturated carbocycles. The number of Topliss-reactive ketones (excluding diaryl/α,β-unsaturated/α-hetero) is 2. The summed E-state index contributed by atoms with van der Waals surface area (Å²) in [5, 5.41) is 0. The number of fused-ring (bicyclic) bond motifs is 2. The zero-order chi connectivity index (χ0) is 28.0. The van der Waals surface area contributed by atoms with Crippen LogP contribution in [0.1, 0.15) is 62.1 Å². The second kappa shape index (κ2) is 10.1. The number of carbonyl (C=O) groups excluding carboxylic acids is 6. The van der Waals surface area contributed by atoms with Gasteiger partial charge in [0.15, 0.2) is 11.6 Å². The number of hydrogen-bond donors (Lipinski definition) is 0. The Kier molecular flexibility index (Phi) is 7.22. The fourth-order valence-electron chi connectivity index (χ4n) is 4.38. The van der Waals surface area contributed by atoms with E-state index in [1.165, 1.54) is 14.2 Å². The Balaban J connectivity index is 2.35. The molecule has 0 heterocycles. The lowest BCUT2D eigenvalue weighted by molar-refractivity contribution is 0.0587. The Hall–Kier alpha value is -3.90. The summed E-state index contributed by atoms with van der Waals surface area (Å²) in [5.41, 5.74) is -1.83. The van der Waals surface area contributed by atoms with Crippen molar-refractivity contribution in [2.24, 2.45) is 0 Å². The van der Waals surface area contributed by atoms with Crippen molar-refractivity contribution in [3.8, 4) is 22.6 Å². The van der Waals surface area contributed by atoms with Gasteiger partial charge < -0.3 is 18.9 Å². The second-order valence-electron chi connectivity index (χ2n) is 7.86. The summed E-state index contributed by atoms with van der Waals surface area (Å²) in [5.74, 6) is -4.99. The van der Waals surface area contributed by atoms with E-state index in [-0.39, 0.29) is 65.0 Å². The summed E-state index contributed by atoms with van der Waals surface area (Å²) in [6.45, 7) is 0. The monoisotopic (exact) mass is 646 g/mol. The fraction of sp³-hybridized carbons (Fsp3) is 0.154. The van der Waals surface area contributed by atoms with E-state index in [2.05, 4.69) is 31.9 Å². The van der Waals surface area contributed by atoms with E-state index in [0.29, 0.717) is 0 Å². The van der Waals surface area contributed by atoms with E-state index in [9.17, 15) is 28.8 Å². The number of benzene rings is 2. The van der Waals surface area contributed by atoms with Crippen LogP contribution in [0.5, 0.6) is 11.5 Å². The van der Waals surface area contributed by atoms with Crippen molar-refractivity contribution in [2.75, 3.05) is 28.4 Å². The van der Waals surface area contributed by atoms with Crippen molar-refractivity contribution in [3.63, 3.8) is 0 Å². The molecule has 0 saturated heterocycles. The van der Waals surface area contributed by atoms with Gasteiger partial charge in [-0.2, -0.15) is 0 Å². The zero-order valence-electron chi connectivity index (χ0n) is 20.1. The van der Waals surface area contributed by atoms with Crippen LogP contribution in [0.4, 0.5) is 0 Å². The molecule has 0 amide bonds. The Morgan fingerprint density at radius 3 is 1.55 bits per heavy atom. The summed E-state index contributed by atoms with van der Waals surface area (Å²) in [6.07, 6.45) is 2.06. The topological polar surface area (TPSA) is 139 Å². The summed E-state index contributed by atoms with van der Waals surface area (Å²) in [6, 6.07) is 2.29. The molecule has 0 N–H and O–H groups in total. The van der Waals surface area contributed by atoms with Crippen molar-refractivity contribution < 1.29 is 47.7 Å².